The maximum Gasteiger partial charge on any atom is 0.0746 e. The fraction of sp³-hybridized carbons (Fsp3) is 0.120. The summed E-state index contributed by atoms with van der Waals surface area (Å²) in [6.07, 6.45) is 4.90. The van der Waals surface area contributed by atoms with Crippen LogP contribution in [0.25, 0.3) is 27.8 Å². The first-order valence-corrected chi connectivity index (χ1v) is 18.7. The maximum atomic E-state index is 2.59. The van der Waals surface area contributed by atoms with Gasteiger partial charge in [0.2, 0.25) is 0 Å². The van der Waals surface area contributed by atoms with Crippen molar-refractivity contribution >= 4 is 34.0 Å². The van der Waals surface area contributed by atoms with Crippen molar-refractivity contribution in [2.24, 2.45) is 5.92 Å². The standard InChI is InChI=1S/C50H38N2/c1-33-26-31-47-42(32-33)40-19-8-12-24-46(40)52(47)36-29-27-35(28-30-36)51(34-14-3-2-4-15-34)48-25-13-20-41-39-18-7-11-23-45(39)50(49(41)48)43-21-9-5-16-37(43)38-17-6-10-22-44(38)50/h2-25,27-30,32-33,47H,26,31H2,1H3. The molecule has 0 bridgehead atoms. The number of anilines is 5. The van der Waals surface area contributed by atoms with E-state index in [2.05, 4.69) is 193 Å². The third kappa shape index (κ3) is 3.95. The van der Waals surface area contributed by atoms with Gasteiger partial charge >= 0.3 is 0 Å². The van der Waals surface area contributed by atoms with Crippen LogP contribution in [0.5, 0.6) is 0 Å². The van der Waals surface area contributed by atoms with Gasteiger partial charge in [-0.3, -0.25) is 0 Å². The predicted octanol–water partition coefficient (Wildman–Crippen LogP) is 12.8. The molecule has 0 amide bonds. The summed E-state index contributed by atoms with van der Waals surface area (Å²) in [5.41, 5.74) is 19.2. The van der Waals surface area contributed by atoms with Gasteiger partial charge in [0.15, 0.2) is 0 Å². The minimum atomic E-state index is -0.442. The highest BCUT2D eigenvalue weighted by atomic mass is 15.2. The second-order valence-corrected chi connectivity index (χ2v) is 14.9. The van der Waals surface area contributed by atoms with Crippen molar-refractivity contribution < 1.29 is 0 Å². The van der Waals surface area contributed by atoms with Crippen LogP contribution in [0.2, 0.25) is 0 Å². The lowest BCUT2D eigenvalue weighted by Crippen LogP contribution is -2.29. The Labute approximate surface area is 306 Å². The number of benzene rings is 7. The number of para-hydroxylation sites is 2. The van der Waals surface area contributed by atoms with Crippen LogP contribution in [-0.2, 0) is 5.41 Å². The first-order chi connectivity index (χ1) is 25.7. The summed E-state index contributed by atoms with van der Waals surface area (Å²) in [5, 5.41) is 0. The molecule has 0 saturated carbocycles. The van der Waals surface area contributed by atoms with Crippen molar-refractivity contribution in [2.45, 2.75) is 31.2 Å². The van der Waals surface area contributed by atoms with E-state index in [1.54, 1.807) is 0 Å². The molecule has 1 spiro atoms. The lowest BCUT2D eigenvalue weighted by molar-refractivity contribution is 0.554. The number of allylic oxidation sites excluding steroid dienone is 1. The van der Waals surface area contributed by atoms with E-state index < -0.39 is 5.41 Å². The van der Waals surface area contributed by atoms with Crippen molar-refractivity contribution in [2.75, 3.05) is 9.80 Å². The minimum absolute atomic E-state index is 0.378. The summed E-state index contributed by atoms with van der Waals surface area (Å²) in [6.45, 7) is 2.35. The van der Waals surface area contributed by atoms with Gasteiger partial charge in [-0.2, -0.15) is 0 Å². The smallest absolute Gasteiger partial charge is 0.0746 e. The van der Waals surface area contributed by atoms with Crippen LogP contribution in [-0.4, -0.2) is 6.04 Å². The molecule has 0 radical (unpaired) electrons. The predicted molar refractivity (Wildman–Crippen MR) is 216 cm³/mol. The first-order valence-electron chi connectivity index (χ1n) is 18.7. The molecule has 7 aromatic rings. The lowest BCUT2D eigenvalue weighted by atomic mass is 9.70. The number of rotatable bonds is 4. The van der Waals surface area contributed by atoms with Crippen LogP contribution in [0.4, 0.5) is 28.4 Å². The Morgan fingerprint density at radius 3 is 1.71 bits per heavy atom. The number of hydrogen-bond acceptors (Lipinski definition) is 2. The normalized spacial score (nSPS) is 18.2. The molecule has 1 aliphatic heterocycles. The SMILES string of the molecule is CC1C=C2c3ccccc3N(c3ccc(N(c4ccccc4)c4cccc5c4C4(c6ccccc6-c6ccccc64)c4ccccc4-5)cc3)C2CC1. The van der Waals surface area contributed by atoms with Crippen LogP contribution >= 0.6 is 0 Å². The summed E-state index contributed by atoms with van der Waals surface area (Å²) in [7, 11) is 0. The molecule has 2 heteroatoms. The van der Waals surface area contributed by atoms with Crippen LogP contribution in [0.1, 0.15) is 47.6 Å². The summed E-state index contributed by atoms with van der Waals surface area (Å²) in [5.74, 6) is 0.613. The Balaban J connectivity index is 1.13. The van der Waals surface area contributed by atoms with E-state index in [1.807, 2.05) is 0 Å². The average Bonchev–Trinajstić information content (AvgIpc) is 3.81. The number of fused-ring (bicyclic) bond motifs is 13. The largest absolute Gasteiger partial charge is 0.333 e. The Kier molecular flexibility index (Phi) is 6.37. The van der Waals surface area contributed by atoms with Gasteiger partial charge in [0, 0.05) is 33.9 Å². The molecular formula is C50H38N2. The monoisotopic (exact) mass is 666 g/mol. The molecule has 4 aliphatic rings. The van der Waals surface area contributed by atoms with E-state index in [1.165, 1.54) is 85.5 Å². The third-order valence-corrected chi connectivity index (χ3v) is 12.1. The van der Waals surface area contributed by atoms with Crippen LogP contribution < -0.4 is 9.80 Å². The minimum Gasteiger partial charge on any atom is -0.333 e. The molecule has 11 rings (SSSR count). The molecule has 2 nitrogen and oxygen atoms in total. The Bertz CT molecular complexity index is 2500. The summed E-state index contributed by atoms with van der Waals surface area (Å²) >= 11 is 0. The highest BCUT2D eigenvalue weighted by molar-refractivity contribution is 6.00. The maximum absolute atomic E-state index is 2.59. The molecule has 1 heterocycles. The second-order valence-electron chi connectivity index (χ2n) is 14.9. The summed E-state index contributed by atoms with van der Waals surface area (Å²) < 4.78 is 0. The number of hydrogen-bond donors (Lipinski definition) is 0. The molecule has 0 fully saturated rings. The second kappa shape index (κ2) is 11.2. The molecule has 0 aromatic heterocycles. The zero-order chi connectivity index (χ0) is 34.4. The van der Waals surface area contributed by atoms with E-state index in [-0.39, 0.29) is 0 Å². The molecule has 0 N–H and O–H groups in total. The lowest BCUT2D eigenvalue weighted by Gasteiger charge is -2.36. The molecule has 0 saturated heterocycles. The first kappa shape index (κ1) is 29.6. The van der Waals surface area contributed by atoms with Crippen molar-refractivity contribution in [1.29, 1.82) is 0 Å². The van der Waals surface area contributed by atoms with Gasteiger partial charge in [-0.15, -0.1) is 0 Å². The molecule has 248 valence electrons. The van der Waals surface area contributed by atoms with Gasteiger partial charge in [0.05, 0.1) is 17.1 Å². The van der Waals surface area contributed by atoms with Crippen LogP contribution in [0.15, 0.2) is 176 Å². The van der Waals surface area contributed by atoms with Crippen molar-refractivity contribution in [3.63, 3.8) is 0 Å². The topological polar surface area (TPSA) is 6.48 Å². The highest BCUT2D eigenvalue weighted by Gasteiger charge is 2.53. The summed E-state index contributed by atoms with van der Waals surface area (Å²) in [6, 6.07) is 63.8. The van der Waals surface area contributed by atoms with Gasteiger partial charge in [0.25, 0.3) is 0 Å². The van der Waals surface area contributed by atoms with Crippen molar-refractivity contribution in [3.05, 3.63) is 204 Å². The van der Waals surface area contributed by atoms with Crippen LogP contribution in [0.3, 0.4) is 0 Å². The molecule has 7 aromatic carbocycles. The molecular weight excluding hydrogens is 629 g/mol. The van der Waals surface area contributed by atoms with Gasteiger partial charge < -0.3 is 9.80 Å². The molecule has 52 heavy (non-hydrogen) atoms. The third-order valence-electron chi connectivity index (χ3n) is 12.1. The zero-order valence-electron chi connectivity index (χ0n) is 29.2. The number of nitrogens with zero attached hydrogens (tertiary/aromatic N) is 2. The van der Waals surface area contributed by atoms with Crippen LogP contribution in [0, 0.1) is 5.92 Å². The fourth-order valence-corrected chi connectivity index (χ4v) is 10.1. The fourth-order valence-electron chi connectivity index (χ4n) is 10.1. The Morgan fingerprint density at radius 1 is 0.500 bits per heavy atom. The Morgan fingerprint density at radius 2 is 1.04 bits per heavy atom. The zero-order valence-corrected chi connectivity index (χ0v) is 29.2. The van der Waals surface area contributed by atoms with Gasteiger partial charge in [-0.25, -0.2) is 0 Å². The van der Waals surface area contributed by atoms with Crippen molar-refractivity contribution in [1.82, 2.24) is 0 Å². The van der Waals surface area contributed by atoms with Gasteiger partial charge in [-0.05, 0) is 112 Å². The average molecular weight is 667 g/mol. The quantitative estimate of drug-likeness (QED) is 0.184. The van der Waals surface area contributed by atoms with E-state index in [4.69, 9.17) is 0 Å². The molecule has 3 aliphatic carbocycles. The highest BCUT2D eigenvalue weighted by Crippen LogP contribution is 2.65. The molecule has 2 unspecified atom stereocenters. The summed E-state index contributed by atoms with van der Waals surface area (Å²) in [4.78, 5) is 5.08. The van der Waals surface area contributed by atoms with E-state index >= 15 is 0 Å². The Hall–Kier alpha value is -6.12. The van der Waals surface area contributed by atoms with E-state index in [0.29, 0.717) is 12.0 Å². The van der Waals surface area contributed by atoms with E-state index in [9.17, 15) is 0 Å². The van der Waals surface area contributed by atoms with Gasteiger partial charge in [0.1, 0.15) is 0 Å². The van der Waals surface area contributed by atoms with Crippen molar-refractivity contribution in [3.8, 4) is 22.3 Å². The molecule has 2 atom stereocenters. The van der Waals surface area contributed by atoms with E-state index in [0.717, 1.165) is 11.4 Å². The van der Waals surface area contributed by atoms with Gasteiger partial charge in [-0.1, -0.05) is 134 Å².